The second kappa shape index (κ2) is 14.1. The molecule has 0 saturated carbocycles. The van der Waals surface area contributed by atoms with Gasteiger partial charge >= 0.3 is 24.3 Å². The van der Waals surface area contributed by atoms with E-state index < -0.39 is 24.3 Å². The van der Waals surface area contributed by atoms with Gasteiger partial charge in [0.1, 0.15) is 6.61 Å². The minimum Gasteiger partial charge on any atom is -0.475 e. The largest absolute Gasteiger partial charge is 0.490 e. The van der Waals surface area contributed by atoms with Gasteiger partial charge in [-0.1, -0.05) is 0 Å². The van der Waals surface area contributed by atoms with Crippen LogP contribution in [0.4, 0.5) is 32.3 Å². The molecular weight excluding hydrogens is 532 g/mol. The summed E-state index contributed by atoms with van der Waals surface area (Å²) in [6, 6.07) is 1.81. The highest BCUT2D eigenvalue weighted by Crippen LogP contribution is 2.24. The van der Waals surface area contributed by atoms with Crippen LogP contribution in [0, 0.1) is 0 Å². The van der Waals surface area contributed by atoms with Gasteiger partial charge < -0.3 is 24.7 Å². The van der Waals surface area contributed by atoms with Crippen LogP contribution in [-0.2, 0) is 38.7 Å². The number of carboxylic acids is 2. The van der Waals surface area contributed by atoms with E-state index in [2.05, 4.69) is 19.9 Å². The van der Waals surface area contributed by atoms with E-state index in [0.29, 0.717) is 6.61 Å². The molecule has 0 unspecified atom stereocenters. The minimum absolute atomic E-state index is 0.0415. The lowest BCUT2D eigenvalue weighted by molar-refractivity contribution is -0.193. The fraction of sp³-hybridized carbons (Fsp3) is 0.429. The third-order valence-electron chi connectivity index (χ3n) is 4.53. The number of hydrogen-bond acceptors (Lipinski definition) is 8. The van der Waals surface area contributed by atoms with Crippen molar-refractivity contribution in [3.05, 3.63) is 47.5 Å². The first-order chi connectivity index (χ1) is 17.5. The van der Waals surface area contributed by atoms with Gasteiger partial charge in [0, 0.05) is 52.0 Å². The number of pyridine rings is 1. The molecule has 0 fully saturated rings. The number of carbonyl (C=O) groups excluding carboxylic acids is 1. The van der Waals surface area contributed by atoms with Crippen LogP contribution in [0.2, 0.25) is 0 Å². The minimum atomic E-state index is -5.08. The number of nitrogens with zero attached hydrogens (tertiary/aromatic N) is 5. The SMILES string of the molecule is CN(C)C(=O)COCc1cncc2c1CCN(c1ncccn1)C2.O=C(O)C(F)(F)F.O=C(O)C(F)(F)F. The normalized spacial score (nSPS) is 12.7. The Labute approximate surface area is 211 Å². The predicted molar refractivity (Wildman–Crippen MR) is 117 cm³/mol. The number of anilines is 1. The van der Waals surface area contributed by atoms with Crippen molar-refractivity contribution in [2.45, 2.75) is 31.9 Å². The molecule has 3 heterocycles. The van der Waals surface area contributed by atoms with Crippen LogP contribution in [0.3, 0.4) is 0 Å². The molecule has 0 atom stereocenters. The molecule has 0 radical (unpaired) electrons. The molecule has 1 aliphatic rings. The zero-order valence-electron chi connectivity index (χ0n) is 20.0. The van der Waals surface area contributed by atoms with Crippen LogP contribution in [-0.4, -0.2) is 87.5 Å². The van der Waals surface area contributed by atoms with Gasteiger partial charge in [0.2, 0.25) is 11.9 Å². The molecule has 2 N–H and O–H groups in total. The van der Waals surface area contributed by atoms with Crippen LogP contribution in [0.1, 0.15) is 16.7 Å². The molecule has 2 aromatic heterocycles. The third kappa shape index (κ3) is 10.9. The first-order valence-corrected chi connectivity index (χ1v) is 10.4. The molecule has 17 heteroatoms. The number of ether oxygens (including phenoxy) is 1. The predicted octanol–water partition coefficient (Wildman–Crippen LogP) is 2.31. The summed E-state index contributed by atoms with van der Waals surface area (Å²) in [5.41, 5.74) is 3.47. The number of likely N-dealkylation sites (N-methyl/N-ethyl adjacent to an activating group) is 1. The maximum atomic E-state index is 11.6. The quantitative estimate of drug-likeness (QED) is 0.527. The van der Waals surface area contributed by atoms with Crippen molar-refractivity contribution < 1.29 is 55.7 Å². The monoisotopic (exact) mass is 555 g/mol. The van der Waals surface area contributed by atoms with E-state index in [0.717, 1.165) is 36.6 Å². The van der Waals surface area contributed by atoms with Crippen LogP contribution >= 0.6 is 0 Å². The average molecular weight is 555 g/mol. The van der Waals surface area contributed by atoms with Gasteiger partial charge in [-0.05, 0) is 29.2 Å². The highest BCUT2D eigenvalue weighted by molar-refractivity contribution is 5.76. The molecule has 0 spiro atoms. The van der Waals surface area contributed by atoms with Crippen molar-refractivity contribution in [1.82, 2.24) is 19.9 Å². The topological polar surface area (TPSA) is 146 Å². The third-order valence-corrected chi connectivity index (χ3v) is 4.53. The van der Waals surface area contributed by atoms with Crippen molar-refractivity contribution in [3.63, 3.8) is 0 Å². The first kappa shape index (κ1) is 32.0. The van der Waals surface area contributed by atoms with Crippen LogP contribution in [0.25, 0.3) is 0 Å². The number of hydrogen-bond donors (Lipinski definition) is 2. The fourth-order valence-electron chi connectivity index (χ4n) is 2.70. The molecule has 38 heavy (non-hydrogen) atoms. The fourth-order valence-corrected chi connectivity index (χ4v) is 2.70. The van der Waals surface area contributed by atoms with E-state index in [4.69, 9.17) is 24.5 Å². The number of alkyl halides is 6. The van der Waals surface area contributed by atoms with Crippen molar-refractivity contribution in [2.24, 2.45) is 0 Å². The maximum Gasteiger partial charge on any atom is 0.490 e. The smallest absolute Gasteiger partial charge is 0.475 e. The molecule has 2 aromatic rings. The Morgan fingerprint density at radius 3 is 2.00 bits per heavy atom. The first-order valence-electron chi connectivity index (χ1n) is 10.4. The molecule has 1 amide bonds. The van der Waals surface area contributed by atoms with E-state index in [1.54, 1.807) is 26.5 Å². The van der Waals surface area contributed by atoms with Crippen molar-refractivity contribution in [3.8, 4) is 0 Å². The lowest BCUT2D eigenvalue weighted by atomic mass is 9.98. The molecule has 210 valence electrons. The molecule has 0 saturated heterocycles. The molecule has 0 aliphatic carbocycles. The number of halogens is 6. The lowest BCUT2D eigenvalue weighted by Gasteiger charge is -2.29. The number of rotatable bonds is 5. The highest BCUT2D eigenvalue weighted by atomic mass is 19.4. The van der Waals surface area contributed by atoms with Gasteiger partial charge in [-0.25, -0.2) is 19.6 Å². The number of carbonyl (C=O) groups is 3. The molecule has 0 bridgehead atoms. The Morgan fingerprint density at radius 2 is 1.53 bits per heavy atom. The van der Waals surface area contributed by atoms with Gasteiger partial charge in [0.05, 0.1) is 6.61 Å². The van der Waals surface area contributed by atoms with E-state index in [9.17, 15) is 31.1 Å². The molecule has 11 nitrogen and oxygen atoms in total. The van der Waals surface area contributed by atoms with Crippen molar-refractivity contribution in [1.29, 1.82) is 0 Å². The van der Waals surface area contributed by atoms with E-state index >= 15 is 0 Å². The van der Waals surface area contributed by atoms with Crippen LogP contribution in [0.15, 0.2) is 30.9 Å². The molecular formula is C21H23F6N5O6. The number of carboxylic acid groups (broad SMARTS) is 2. The van der Waals surface area contributed by atoms with Crippen molar-refractivity contribution in [2.75, 3.05) is 32.1 Å². The van der Waals surface area contributed by atoms with E-state index in [-0.39, 0.29) is 12.5 Å². The summed E-state index contributed by atoms with van der Waals surface area (Å²) < 4.78 is 69.0. The average Bonchev–Trinajstić information content (AvgIpc) is 2.83. The van der Waals surface area contributed by atoms with E-state index in [1.807, 2.05) is 18.5 Å². The van der Waals surface area contributed by atoms with Gasteiger partial charge in [0.25, 0.3) is 0 Å². The van der Waals surface area contributed by atoms with Gasteiger partial charge in [0.15, 0.2) is 0 Å². The summed E-state index contributed by atoms with van der Waals surface area (Å²) in [5.74, 6) is -4.82. The number of aromatic nitrogens is 3. The second-order valence-corrected chi connectivity index (χ2v) is 7.54. The summed E-state index contributed by atoms with van der Waals surface area (Å²) >= 11 is 0. The Hall–Kier alpha value is -4.02. The zero-order chi connectivity index (χ0) is 29.1. The van der Waals surface area contributed by atoms with E-state index in [1.165, 1.54) is 10.5 Å². The second-order valence-electron chi connectivity index (χ2n) is 7.54. The summed E-state index contributed by atoms with van der Waals surface area (Å²) in [4.78, 5) is 46.0. The van der Waals surface area contributed by atoms with Gasteiger partial charge in [-0.2, -0.15) is 26.3 Å². The van der Waals surface area contributed by atoms with Gasteiger partial charge in [-0.3, -0.25) is 9.78 Å². The standard InChI is InChI=1S/C17H21N5O2.2C2HF3O2/c1-21(2)16(23)12-24-11-14-9-18-8-13-10-22(7-4-15(13)14)17-19-5-3-6-20-17;2*3-2(4,5)1(6)7/h3,5-6,8-9H,4,7,10-12H2,1-2H3;2*(H,6,7). The van der Waals surface area contributed by atoms with Crippen LogP contribution < -0.4 is 4.90 Å². The molecule has 1 aliphatic heterocycles. The Bertz CT molecular complexity index is 1060. The maximum absolute atomic E-state index is 11.6. The Kier molecular flexibility index (Phi) is 11.8. The summed E-state index contributed by atoms with van der Waals surface area (Å²) in [7, 11) is 3.44. The highest BCUT2D eigenvalue weighted by Gasteiger charge is 2.38. The molecule has 0 aromatic carbocycles. The Balaban J connectivity index is 0.000000426. The van der Waals surface area contributed by atoms with Crippen LogP contribution in [0.5, 0.6) is 0 Å². The number of fused-ring (bicyclic) bond motifs is 1. The summed E-state index contributed by atoms with van der Waals surface area (Å²) in [5, 5.41) is 14.2. The summed E-state index contributed by atoms with van der Waals surface area (Å²) in [6.07, 6.45) is -2.06. The number of amides is 1. The zero-order valence-corrected chi connectivity index (χ0v) is 20.0. The molecule has 3 rings (SSSR count). The van der Waals surface area contributed by atoms with Crippen molar-refractivity contribution >= 4 is 23.8 Å². The lowest BCUT2D eigenvalue weighted by Crippen LogP contribution is -2.32. The Morgan fingerprint density at radius 1 is 1.00 bits per heavy atom. The summed E-state index contributed by atoms with van der Waals surface area (Å²) in [6.45, 7) is 2.07. The van der Waals surface area contributed by atoms with Gasteiger partial charge in [-0.15, -0.1) is 0 Å². The number of aliphatic carboxylic acids is 2.